The van der Waals surface area contributed by atoms with Crippen molar-refractivity contribution in [2.75, 3.05) is 6.54 Å². The summed E-state index contributed by atoms with van der Waals surface area (Å²) in [5.41, 5.74) is 11.2. The fraction of sp³-hybridized carbons (Fsp3) is 0.200. The van der Waals surface area contributed by atoms with Crippen LogP contribution in [0.4, 0.5) is 4.39 Å². The molecule has 0 amide bonds. The van der Waals surface area contributed by atoms with Crippen LogP contribution in [0, 0.1) is 0 Å². The average Bonchev–Trinajstić information content (AvgIpc) is 2.15. The van der Waals surface area contributed by atoms with Crippen LogP contribution in [0.5, 0.6) is 0 Å². The molecule has 0 saturated carbocycles. The third-order valence-corrected chi connectivity index (χ3v) is 1.50. The van der Waals surface area contributed by atoms with Crippen LogP contribution in [0.3, 0.4) is 0 Å². The molecule has 0 aliphatic carbocycles. The minimum absolute atomic E-state index is 0.0541. The molecule has 0 atom stereocenters. The molecule has 3 heteroatoms. The maximum absolute atomic E-state index is 13.1. The highest BCUT2D eigenvalue weighted by Gasteiger charge is 2.01. The van der Waals surface area contributed by atoms with Gasteiger partial charge in [-0.05, 0) is 24.6 Å². The van der Waals surface area contributed by atoms with Crippen LogP contribution in [0.1, 0.15) is 6.42 Å². The van der Waals surface area contributed by atoms with Gasteiger partial charge in [0.15, 0.2) is 0 Å². The maximum atomic E-state index is 13.1. The molecular formula is C10H15FN2. The Morgan fingerprint density at radius 2 is 1.85 bits per heavy atom. The standard InChI is InChI=1S/C10H15FN2/c1-3-8(4-2)10(13)9(11)6-5-7-12/h3-4,6H,1-2,5,7,12-13H2/b9-6+. The summed E-state index contributed by atoms with van der Waals surface area (Å²) in [5, 5.41) is 0. The van der Waals surface area contributed by atoms with Crippen LogP contribution in [0.25, 0.3) is 0 Å². The first-order valence-electron chi connectivity index (χ1n) is 3.98. The van der Waals surface area contributed by atoms with E-state index in [2.05, 4.69) is 13.2 Å². The summed E-state index contributed by atoms with van der Waals surface area (Å²) in [5.74, 6) is -0.472. The molecule has 0 radical (unpaired) electrons. The molecule has 13 heavy (non-hydrogen) atoms. The SMILES string of the molecule is C=CC(C=C)=C(N)/C(F)=C\CCN. The average molecular weight is 182 g/mol. The van der Waals surface area contributed by atoms with E-state index in [1.54, 1.807) is 0 Å². The molecular weight excluding hydrogens is 167 g/mol. The Morgan fingerprint density at radius 3 is 2.23 bits per heavy atom. The van der Waals surface area contributed by atoms with Gasteiger partial charge in [0, 0.05) is 0 Å². The Bertz CT molecular complexity index is 242. The predicted octanol–water partition coefficient (Wildman–Crippen LogP) is 1.77. The lowest BCUT2D eigenvalue weighted by molar-refractivity contribution is 0.640. The molecule has 0 unspecified atom stereocenters. The van der Waals surface area contributed by atoms with Gasteiger partial charge in [0.25, 0.3) is 0 Å². The summed E-state index contributed by atoms with van der Waals surface area (Å²) in [4.78, 5) is 0. The van der Waals surface area contributed by atoms with Gasteiger partial charge in [0.05, 0.1) is 5.70 Å². The van der Waals surface area contributed by atoms with Crippen LogP contribution in [-0.4, -0.2) is 6.54 Å². The highest BCUT2D eigenvalue weighted by molar-refractivity contribution is 5.39. The van der Waals surface area contributed by atoms with E-state index in [9.17, 15) is 4.39 Å². The summed E-state index contributed by atoms with van der Waals surface area (Å²) in [6, 6.07) is 0. The van der Waals surface area contributed by atoms with E-state index in [-0.39, 0.29) is 5.70 Å². The lowest BCUT2D eigenvalue weighted by Crippen LogP contribution is -2.02. The van der Waals surface area contributed by atoms with Crippen molar-refractivity contribution < 1.29 is 4.39 Å². The Labute approximate surface area is 78.1 Å². The van der Waals surface area contributed by atoms with Crippen molar-refractivity contribution in [1.82, 2.24) is 0 Å². The Kier molecular flexibility index (Phi) is 5.55. The molecule has 2 nitrogen and oxygen atoms in total. The first-order chi connectivity index (χ1) is 6.17. The molecule has 0 aliphatic heterocycles. The smallest absolute Gasteiger partial charge is 0.142 e. The molecule has 4 N–H and O–H groups in total. The van der Waals surface area contributed by atoms with E-state index in [0.717, 1.165) is 0 Å². The van der Waals surface area contributed by atoms with E-state index >= 15 is 0 Å². The fourth-order valence-electron chi connectivity index (χ4n) is 0.761. The van der Waals surface area contributed by atoms with E-state index in [4.69, 9.17) is 11.5 Å². The summed E-state index contributed by atoms with van der Waals surface area (Å²) in [6.07, 6.45) is 4.73. The molecule has 0 saturated heterocycles. The third kappa shape index (κ3) is 3.71. The van der Waals surface area contributed by atoms with Crippen molar-refractivity contribution in [3.05, 3.63) is 48.5 Å². The predicted molar refractivity (Wildman–Crippen MR) is 54.5 cm³/mol. The largest absolute Gasteiger partial charge is 0.396 e. The third-order valence-electron chi connectivity index (χ3n) is 1.50. The number of halogens is 1. The number of nitrogens with two attached hydrogens (primary N) is 2. The van der Waals surface area contributed by atoms with E-state index in [1.807, 2.05) is 0 Å². The van der Waals surface area contributed by atoms with Crippen LogP contribution < -0.4 is 11.5 Å². The van der Waals surface area contributed by atoms with Gasteiger partial charge < -0.3 is 11.5 Å². The van der Waals surface area contributed by atoms with Crippen molar-refractivity contribution in [3.63, 3.8) is 0 Å². The molecule has 0 fully saturated rings. The highest BCUT2D eigenvalue weighted by Crippen LogP contribution is 2.12. The second-order valence-electron chi connectivity index (χ2n) is 2.41. The van der Waals surface area contributed by atoms with Crippen LogP contribution in [0.15, 0.2) is 48.5 Å². The van der Waals surface area contributed by atoms with Crippen molar-refractivity contribution in [2.24, 2.45) is 11.5 Å². The monoisotopic (exact) mass is 182 g/mol. The molecule has 0 rings (SSSR count). The molecule has 0 spiro atoms. The van der Waals surface area contributed by atoms with Gasteiger partial charge in [-0.1, -0.05) is 25.3 Å². The van der Waals surface area contributed by atoms with Gasteiger partial charge in [0.1, 0.15) is 5.83 Å². The molecule has 0 aromatic rings. The first kappa shape index (κ1) is 11.6. The molecule has 0 bridgehead atoms. The lowest BCUT2D eigenvalue weighted by Gasteiger charge is -2.01. The van der Waals surface area contributed by atoms with Gasteiger partial charge in [0.2, 0.25) is 0 Å². The fourth-order valence-corrected chi connectivity index (χ4v) is 0.761. The van der Waals surface area contributed by atoms with Crippen molar-refractivity contribution in [2.45, 2.75) is 6.42 Å². The van der Waals surface area contributed by atoms with E-state index in [0.29, 0.717) is 18.5 Å². The van der Waals surface area contributed by atoms with Gasteiger partial charge >= 0.3 is 0 Å². The van der Waals surface area contributed by atoms with Gasteiger partial charge in [-0.2, -0.15) is 0 Å². The first-order valence-corrected chi connectivity index (χ1v) is 3.98. The van der Waals surface area contributed by atoms with Crippen LogP contribution >= 0.6 is 0 Å². The Morgan fingerprint density at radius 1 is 1.31 bits per heavy atom. The summed E-state index contributed by atoms with van der Waals surface area (Å²) in [7, 11) is 0. The van der Waals surface area contributed by atoms with Crippen LogP contribution in [0.2, 0.25) is 0 Å². The zero-order valence-electron chi connectivity index (χ0n) is 7.59. The Balaban J connectivity index is 4.73. The molecule has 72 valence electrons. The summed E-state index contributed by atoms with van der Waals surface area (Å²) < 4.78 is 13.1. The number of rotatable bonds is 5. The number of hydrogen-bond donors (Lipinski definition) is 2. The van der Waals surface area contributed by atoms with Gasteiger partial charge in [-0.3, -0.25) is 0 Å². The molecule has 0 aromatic carbocycles. The van der Waals surface area contributed by atoms with Crippen LogP contribution in [-0.2, 0) is 0 Å². The molecule has 0 heterocycles. The Hall–Kier alpha value is -1.35. The number of allylic oxidation sites excluding steroid dienone is 4. The van der Waals surface area contributed by atoms with Crippen molar-refractivity contribution in [1.29, 1.82) is 0 Å². The lowest BCUT2D eigenvalue weighted by atomic mass is 10.1. The highest BCUT2D eigenvalue weighted by atomic mass is 19.1. The number of hydrogen-bond acceptors (Lipinski definition) is 2. The van der Waals surface area contributed by atoms with E-state index < -0.39 is 5.83 Å². The summed E-state index contributed by atoms with van der Waals surface area (Å²) >= 11 is 0. The van der Waals surface area contributed by atoms with Crippen molar-refractivity contribution >= 4 is 0 Å². The topological polar surface area (TPSA) is 52.0 Å². The maximum Gasteiger partial charge on any atom is 0.142 e. The van der Waals surface area contributed by atoms with E-state index in [1.165, 1.54) is 18.2 Å². The zero-order valence-corrected chi connectivity index (χ0v) is 7.59. The normalized spacial score (nSPS) is 10.8. The summed E-state index contributed by atoms with van der Waals surface area (Å²) in [6.45, 7) is 7.38. The molecule has 0 aliphatic rings. The molecule has 0 aromatic heterocycles. The second-order valence-corrected chi connectivity index (χ2v) is 2.41. The zero-order chi connectivity index (χ0) is 10.3. The second kappa shape index (κ2) is 6.20. The minimum atomic E-state index is -0.472. The minimum Gasteiger partial charge on any atom is -0.396 e. The quantitative estimate of drug-likeness (QED) is 0.637. The van der Waals surface area contributed by atoms with Crippen molar-refractivity contribution in [3.8, 4) is 0 Å². The van der Waals surface area contributed by atoms with Gasteiger partial charge in [-0.25, -0.2) is 4.39 Å². The van der Waals surface area contributed by atoms with Gasteiger partial charge in [-0.15, -0.1) is 0 Å².